The van der Waals surface area contributed by atoms with E-state index in [1.165, 1.54) is 4.90 Å². The molecule has 1 unspecified atom stereocenters. The molecule has 0 bridgehead atoms. The molecule has 5 nitrogen and oxygen atoms in total. The van der Waals surface area contributed by atoms with Gasteiger partial charge in [0, 0.05) is 19.1 Å². The van der Waals surface area contributed by atoms with E-state index in [-0.39, 0.29) is 24.5 Å². The smallest absolute Gasteiger partial charge is 0.315 e. The van der Waals surface area contributed by atoms with Crippen molar-refractivity contribution in [3.05, 3.63) is 0 Å². The maximum atomic E-state index is 11.6. The Morgan fingerprint density at radius 1 is 1.50 bits per heavy atom. The van der Waals surface area contributed by atoms with Crippen LogP contribution in [0.1, 0.15) is 13.8 Å². The average molecular weight is 199 g/mol. The molecule has 1 saturated heterocycles. The fraction of sp³-hybridized carbons (Fsp3) is 0.778. The first-order chi connectivity index (χ1) is 6.60. The molecule has 1 fully saturated rings. The first kappa shape index (κ1) is 11.0. The van der Waals surface area contributed by atoms with E-state index in [0.29, 0.717) is 13.1 Å². The van der Waals surface area contributed by atoms with Crippen LogP contribution in [-0.2, 0) is 4.79 Å². The van der Waals surface area contributed by atoms with Gasteiger partial charge in [0.1, 0.15) is 6.54 Å². The summed E-state index contributed by atoms with van der Waals surface area (Å²) in [6.45, 7) is 5.08. The number of rotatable bonds is 4. The zero-order valence-electron chi connectivity index (χ0n) is 8.91. The fourth-order valence-corrected chi connectivity index (χ4v) is 1.39. The van der Waals surface area contributed by atoms with Crippen molar-refractivity contribution in [3.63, 3.8) is 0 Å². The van der Waals surface area contributed by atoms with Crippen molar-refractivity contribution in [1.29, 1.82) is 0 Å². The van der Waals surface area contributed by atoms with Gasteiger partial charge in [-0.05, 0) is 20.9 Å². The van der Waals surface area contributed by atoms with Gasteiger partial charge in [0.15, 0.2) is 0 Å². The lowest BCUT2D eigenvalue weighted by Gasteiger charge is -2.19. The van der Waals surface area contributed by atoms with E-state index in [2.05, 4.69) is 5.32 Å². The molecule has 1 N–H and O–H groups in total. The van der Waals surface area contributed by atoms with Crippen LogP contribution < -0.4 is 5.32 Å². The molecule has 0 aromatic carbocycles. The first-order valence-corrected chi connectivity index (χ1v) is 4.86. The van der Waals surface area contributed by atoms with Crippen LogP contribution in [0.15, 0.2) is 0 Å². The molecule has 1 rings (SSSR count). The SMILES string of the molecule is CCN1CC(=O)N(CC(C)NC)C1=O. The Hall–Kier alpha value is -1.10. The van der Waals surface area contributed by atoms with E-state index in [9.17, 15) is 9.59 Å². The van der Waals surface area contributed by atoms with Crippen molar-refractivity contribution in [2.45, 2.75) is 19.9 Å². The number of hydrogen-bond acceptors (Lipinski definition) is 3. The monoisotopic (exact) mass is 199 g/mol. The quantitative estimate of drug-likeness (QED) is 0.642. The molecule has 0 spiro atoms. The van der Waals surface area contributed by atoms with Gasteiger partial charge in [0.2, 0.25) is 5.91 Å². The third-order valence-electron chi connectivity index (χ3n) is 2.46. The summed E-state index contributed by atoms with van der Waals surface area (Å²) < 4.78 is 0. The summed E-state index contributed by atoms with van der Waals surface area (Å²) in [6, 6.07) is -0.0284. The fourth-order valence-electron chi connectivity index (χ4n) is 1.39. The van der Waals surface area contributed by atoms with Crippen molar-refractivity contribution < 1.29 is 9.59 Å². The van der Waals surface area contributed by atoms with E-state index in [1.807, 2.05) is 20.9 Å². The Kier molecular flexibility index (Phi) is 3.46. The summed E-state index contributed by atoms with van der Waals surface area (Å²) >= 11 is 0. The van der Waals surface area contributed by atoms with Crippen LogP contribution in [0.2, 0.25) is 0 Å². The molecule has 3 amide bonds. The summed E-state index contributed by atoms with van der Waals surface area (Å²) in [5.41, 5.74) is 0. The lowest BCUT2D eigenvalue weighted by atomic mass is 10.3. The summed E-state index contributed by atoms with van der Waals surface area (Å²) in [4.78, 5) is 25.9. The summed E-state index contributed by atoms with van der Waals surface area (Å²) in [6.07, 6.45) is 0. The van der Waals surface area contributed by atoms with Crippen LogP contribution in [0.4, 0.5) is 4.79 Å². The Bertz CT molecular complexity index is 242. The van der Waals surface area contributed by atoms with E-state index < -0.39 is 0 Å². The van der Waals surface area contributed by atoms with Crippen molar-refractivity contribution >= 4 is 11.9 Å². The number of nitrogens with zero attached hydrogens (tertiary/aromatic N) is 2. The minimum absolute atomic E-state index is 0.0982. The zero-order valence-corrected chi connectivity index (χ0v) is 8.91. The van der Waals surface area contributed by atoms with E-state index >= 15 is 0 Å². The molecule has 14 heavy (non-hydrogen) atoms. The number of carbonyl (C=O) groups is 2. The molecular weight excluding hydrogens is 182 g/mol. The molecular formula is C9H17N3O2. The van der Waals surface area contributed by atoms with Crippen LogP contribution in [0.5, 0.6) is 0 Å². The highest BCUT2D eigenvalue weighted by atomic mass is 16.2. The highest BCUT2D eigenvalue weighted by Crippen LogP contribution is 2.09. The molecule has 0 aromatic heterocycles. The van der Waals surface area contributed by atoms with Gasteiger partial charge < -0.3 is 10.2 Å². The molecule has 80 valence electrons. The lowest BCUT2D eigenvalue weighted by molar-refractivity contribution is -0.125. The number of amides is 3. The Morgan fingerprint density at radius 3 is 2.57 bits per heavy atom. The molecule has 0 aliphatic carbocycles. The third-order valence-corrected chi connectivity index (χ3v) is 2.46. The van der Waals surface area contributed by atoms with Crippen LogP contribution in [0.25, 0.3) is 0 Å². The maximum Gasteiger partial charge on any atom is 0.327 e. The number of likely N-dealkylation sites (N-methyl/N-ethyl adjacent to an activating group) is 2. The van der Waals surface area contributed by atoms with Crippen molar-refractivity contribution in [1.82, 2.24) is 15.1 Å². The van der Waals surface area contributed by atoms with Gasteiger partial charge in [-0.15, -0.1) is 0 Å². The van der Waals surface area contributed by atoms with E-state index in [0.717, 1.165) is 0 Å². The van der Waals surface area contributed by atoms with Gasteiger partial charge in [-0.2, -0.15) is 0 Å². The van der Waals surface area contributed by atoms with Gasteiger partial charge in [0.05, 0.1) is 0 Å². The molecule has 0 radical (unpaired) electrons. The van der Waals surface area contributed by atoms with Crippen molar-refractivity contribution in [2.75, 3.05) is 26.7 Å². The zero-order chi connectivity index (χ0) is 10.7. The minimum Gasteiger partial charge on any atom is -0.315 e. The number of urea groups is 1. The van der Waals surface area contributed by atoms with Crippen molar-refractivity contribution in [3.8, 4) is 0 Å². The second-order valence-electron chi connectivity index (χ2n) is 3.49. The Labute approximate surface area is 84.0 Å². The molecule has 1 atom stereocenters. The number of nitrogens with one attached hydrogen (secondary N) is 1. The summed E-state index contributed by atoms with van der Waals surface area (Å²) in [7, 11) is 1.81. The van der Waals surface area contributed by atoms with Gasteiger partial charge in [-0.25, -0.2) is 4.79 Å². The second kappa shape index (κ2) is 4.41. The molecule has 0 saturated carbocycles. The predicted molar refractivity (Wildman–Crippen MR) is 52.9 cm³/mol. The van der Waals surface area contributed by atoms with Crippen molar-refractivity contribution in [2.24, 2.45) is 0 Å². The van der Waals surface area contributed by atoms with Crippen LogP contribution in [0.3, 0.4) is 0 Å². The topological polar surface area (TPSA) is 52.7 Å². The molecule has 0 aromatic rings. The van der Waals surface area contributed by atoms with E-state index in [1.54, 1.807) is 4.90 Å². The lowest BCUT2D eigenvalue weighted by Crippen LogP contribution is -2.41. The number of hydrogen-bond donors (Lipinski definition) is 1. The average Bonchev–Trinajstić information content (AvgIpc) is 2.44. The Morgan fingerprint density at radius 2 is 2.14 bits per heavy atom. The van der Waals surface area contributed by atoms with Gasteiger partial charge in [0.25, 0.3) is 0 Å². The van der Waals surface area contributed by atoms with Crippen LogP contribution >= 0.6 is 0 Å². The molecule has 1 aliphatic rings. The number of carbonyl (C=O) groups excluding carboxylic acids is 2. The predicted octanol–water partition coefficient (Wildman–Crippen LogP) is -0.122. The molecule has 1 aliphatic heterocycles. The van der Waals surface area contributed by atoms with Gasteiger partial charge in [-0.1, -0.05) is 0 Å². The van der Waals surface area contributed by atoms with Gasteiger partial charge in [-0.3, -0.25) is 9.69 Å². The highest BCUT2D eigenvalue weighted by Gasteiger charge is 2.35. The normalized spacial score (nSPS) is 19.4. The minimum atomic E-state index is -0.167. The van der Waals surface area contributed by atoms with Gasteiger partial charge >= 0.3 is 6.03 Å². The number of imide groups is 1. The van der Waals surface area contributed by atoms with Crippen LogP contribution in [-0.4, -0.2) is 54.5 Å². The summed E-state index contributed by atoms with van der Waals surface area (Å²) in [5, 5.41) is 3.00. The van der Waals surface area contributed by atoms with E-state index in [4.69, 9.17) is 0 Å². The second-order valence-corrected chi connectivity index (χ2v) is 3.49. The first-order valence-electron chi connectivity index (χ1n) is 4.86. The largest absolute Gasteiger partial charge is 0.327 e. The molecule has 1 heterocycles. The summed E-state index contributed by atoms with van der Waals surface area (Å²) in [5.74, 6) is -0.0982. The molecule has 5 heteroatoms. The van der Waals surface area contributed by atoms with Crippen LogP contribution in [0, 0.1) is 0 Å². The Balaban J connectivity index is 2.61. The standard InChI is InChI=1S/C9H17N3O2/c1-4-11-6-8(13)12(9(11)14)5-7(2)10-3/h7,10H,4-6H2,1-3H3. The third kappa shape index (κ3) is 2.04. The highest BCUT2D eigenvalue weighted by molar-refractivity contribution is 6.01. The maximum absolute atomic E-state index is 11.6.